The Morgan fingerprint density at radius 2 is 2.27 bits per heavy atom. The molecule has 2 heterocycles. The lowest BCUT2D eigenvalue weighted by Gasteiger charge is -2.31. The van der Waals surface area contributed by atoms with Crippen LogP contribution in [-0.2, 0) is 9.53 Å². The minimum Gasteiger partial charge on any atom is -0.394 e. The average molecular weight is 214 g/mol. The second-order valence-electron chi connectivity index (χ2n) is 3.77. The molecule has 2 rings (SSSR count). The number of urea groups is 1. The minimum atomic E-state index is -0.394. The second kappa shape index (κ2) is 4.16. The lowest BCUT2D eigenvalue weighted by Crippen LogP contribution is -2.53. The Balaban J connectivity index is 1.94. The number of ether oxygens (including phenoxy) is 1. The second-order valence-corrected chi connectivity index (χ2v) is 3.77. The van der Waals surface area contributed by atoms with Crippen LogP contribution < -0.4 is 5.32 Å². The van der Waals surface area contributed by atoms with Gasteiger partial charge in [-0.2, -0.15) is 0 Å². The lowest BCUT2D eigenvalue weighted by molar-refractivity contribution is -0.123. The van der Waals surface area contributed by atoms with Crippen LogP contribution in [0.2, 0.25) is 0 Å². The molecule has 2 aliphatic heterocycles. The summed E-state index contributed by atoms with van der Waals surface area (Å²) in [7, 11) is 0. The Morgan fingerprint density at radius 1 is 1.47 bits per heavy atom. The summed E-state index contributed by atoms with van der Waals surface area (Å²) in [4.78, 5) is 23.9. The Labute approximate surface area is 87.2 Å². The van der Waals surface area contributed by atoms with E-state index in [-0.39, 0.29) is 24.8 Å². The molecule has 6 nitrogen and oxygen atoms in total. The molecular formula is C9H14N2O4. The van der Waals surface area contributed by atoms with Crippen molar-refractivity contribution in [1.29, 1.82) is 0 Å². The molecule has 2 fully saturated rings. The molecule has 2 atom stereocenters. The molecule has 0 aromatic rings. The first-order chi connectivity index (χ1) is 7.20. The fourth-order valence-corrected chi connectivity index (χ4v) is 1.90. The molecule has 2 aliphatic rings. The summed E-state index contributed by atoms with van der Waals surface area (Å²) in [5, 5.41) is 11.1. The molecule has 15 heavy (non-hydrogen) atoms. The van der Waals surface area contributed by atoms with Crippen LogP contribution in [-0.4, -0.2) is 47.4 Å². The molecule has 84 valence electrons. The minimum absolute atomic E-state index is 0.0229. The number of nitrogens with zero attached hydrogens (tertiary/aromatic N) is 1. The van der Waals surface area contributed by atoms with Gasteiger partial charge < -0.3 is 9.84 Å². The molecule has 0 spiro atoms. The van der Waals surface area contributed by atoms with Crippen LogP contribution in [0.15, 0.2) is 0 Å². The van der Waals surface area contributed by atoms with E-state index >= 15 is 0 Å². The van der Waals surface area contributed by atoms with Crippen molar-refractivity contribution in [3.8, 4) is 0 Å². The maximum atomic E-state index is 11.4. The van der Waals surface area contributed by atoms with Gasteiger partial charge in [0.25, 0.3) is 0 Å². The summed E-state index contributed by atoms with van der Waals surface area (Å²) in [5.74, 6) is -0.243. The van der Waals surface area contributed by atoms with E-state index in [9.17, 15) is 9.59 Å². The van der Waals surface area contributed by atoms with E-state index in [0.29, 0.717) is 19.4 Å². The van der Waals surface area contributed by atoms with E-state index in [4.69, 9.17) is 9.84 Å². The molecule has 0 aromatic heterocycles. The average Bonchev–Trinajstić information content (AvgIpc) is 2.66. The van der Waals surface area contributed by atoms with Gasteiger partial charge in [-0.15, -0.1) is 0 Å². The fraction of sp³-hybridized carbons (Fsp3) is 0.778. The van der Waals surface area contributed by atoms with Crippen LogP contribution in [0.1, 0.15) is 19.3 Å². The van der Waals surface area contributed by atoms with Gasteiger partial charge in [-0.3, -0.25) is 15.0 Å². The highest BCUT2D eigenvalue weighted by atomic mass is 16.5. The van der Waals surface area contributed by atoms with Crippen molar-refractivity contribution in [2.45, 2.75) is 31.6 Å². The maximum Gasteiger partial charge on any atom is 0.326 e. The third-order valence-electron chi connectivity index (χ3n) is 2.72. The number of nitrogens with one attached hydrogen (secondary N) is 1. The van der Waals surface area contributed by atoms with Crippen LogP contribution in [0.5, 0.6) is 0 Å². The van der Waals surface area contributed by atoms with E-state index in [1.54, 1.807) is 0 Å². The fourth-order valence-electron chi connectivity index (χ4n) is 1.90. The molecule has 2 N–H and O–H groups in total. The molecule has 0 saturated carbocycles. The van der Waals surface area contributed by atoms with Crippen molar-refractivity contribution in [1.82, 2.24) is 10.2 Å². The van der Waals surface area contributed by atoms with E-state index in [0.717, 1.165) is 6.42 Å². The quantitative estimate of drug-likeness (QED) is 0.645. The molecule has 2 saturated heterocycles. The number of carbonyl (C=O) groups excluding carboxylic acids is 2. The van der Waals surface area contributed by atoms with Crippen molar-refractivity contribution in [2.24, 2.45) is 0 Å². The van der Waals surface area contributed by atoms with Gasteiger partial charge in [0.15, 0.2) is 0 Å². The summed E-state index contributed by atoms with van der Waals surface area (Å²) in [6.07, 6.45) is 1.30. The number of aliphatic hydroxyl groups is 1. The summed E-state index contributed by atoms with van der Waals surface area (Å²) in [6, 6.07) is -0.394. The number of rotatable bonds is 2. The van der Waals surface area contributed by atoms with Gasteiger partial charge in [0.2, 0.25) is 5.91 Å². The number of imide groups is 1. The molecular weight excluding hydrogens is 200 g/mol. The molecule has 1 unspecified atom stereocenters. The number of hydrogen-bond acceptors (Lipinski definition) is 4. The normalized spacial score (nSPS) is 31.9. The van der Waals surface area contributed by atoms with Crippen LogP contribution in [0, 0.1) is 0 Å². The number of carbonyl (C=O) groups is 2. The van der Waals surface area contributed by atoms with Crippen molar-refractivity contribution < 1.29 is 19.4 Å². The first kappa shape index (κ1) is 10.4. The zero-order valence-electron chi connectivity index (χ0n) is 8.31. The topological polar surface area (TPSA) is 78.9 Å². The highest BCUT2D eigenvalue weighted by molar-refractivity contribution is 5.96. The summed E-state index contributed by atoms with van der Waals surface area (Å²) >= 11 is 0. The summed E-state index contributed by atoms with van der Waals surface area (Å²) in [6.45, 7) is 0.373. The van der Waals surface area contributed by atoms with Gasteiger partial charge in [-0.1, -0.05) is 0 Å². The van der Waals surface area contributed by atoms with Gasteiger partial charge in [-0.05, 0) is 12.8 Å². The Kier molecular flexibility index (Phi) is 2.88. The van der Waals surface area contributed by atoms with Gasteiger partial charge in [0, 0.05) is 13.0 Å². The first-order valence-corrected chi connectivity index (χ1v) is 5.07. The Hall–Kier alpha value is -1.14. The van der Waals surface area contributed by atoms with Crippen molar-refractivity contribution in [2.75, 3.05) is 13.2 Å². The largest absolute Gasteiger partial charge is 0.394 e. The SMILES string of the molecule is O=C1CCN([C@H]2CCC(CO)O2)C(=O)N1. The predicted octanol–water partition coefficient (Wildman–Crippen LogP) is -0.574. The van der Waals surface area contributed by atoms with Crippen LogP contribution in [0.4, 0.5) is 4.79 Å². The van der Waals surface area contributed by atoms with Crippen molar-refractivity contribution in [3.05, 3.63) is 0 Å². The third kappa shape index (κ3) is 2.10. The maximum absolute atomic E-state index is 11.4. The zero-order valence-corrected chi connectivity index (χ0v) is 8.31. The monoisotopic (exact) mass is 214 g/mol. The first-order valence-electron chi connectivity index (χ1n) is 5.07. The van der Waals surface area contributed by atoms with Crippen molar-refractivity contribution >= 4 is 11.9 Å². The van der Waals surface area contributed by atoms with E-state index in [2.05, 4.69) is 5.32 Å². The predicted molar refractivity (Wildman–Crippen MR) is 49.8 cm³/mol. The van der Waals surface area contributed by atoms with E-state index in [1.807, 2.05) is 0 Å². The molecule has 0 radical (unpaired) electrons. The van der Waals surface area contributed by atoms with Gasteiger partial charge in [0.1, 0.15) is 6.23 Å². The molecule has 0 aliphatic carbocycles. The number of hydrogen-bond donors (Lipinski definition) is 2. The molecule has 0 aromatic carbocycles. The lowest BCUT2D eigenvalue weighted by atomic mass is 10.2. The Morgan fingerprint density at radius 3 is 2.87 bits per heavy atom. The molecule has 0 bridgehead atoms. The molecule has 6 heteroatoms. The summed E-state index contributed by atoms with van der Waals surface area (Å²) in [5.41, 5.74) is 0. The standard InChI is InChI=1S/C9H14N2O4/c12-5-6-1-2-8(15-6)11-4-3-7(13)10-9(11)14/h6,8,12H,1-5H2,(H,10,13,14)/t6?,8-/m1/s1. The zero-order chi connectivity index (χ0) is 10.8. The number of aliphatic hydroxyl groups excluding tert-OH is 1. The third-order valence-corrected chi connectivity index (χ3v) is 2.72. The molecule has 3 amide bonds. The van der Waals surface area contributed by atoms with Crippen molar-refractivity contribution in [3.63, 3.8) is 0 Å². The van der Waals surface area contributed by atoms with Crippen LogP contribution >= 0.6 is 0 Å². The van der Waals surface area contributed by atoms with Gasteiger partial charge in [0.05, 0.1) is 12.7 Å². The van der Waals surface area contributed by atoms with Crippen LogP contribution in [0.3, 0.4) is 0 Å². The van der Waals surface area contributed by atoms with Gasteiger partial charge >= 0.3 is 6.03 Å². The highest BCUT2D eigenvalue weighted by Crippen LogP contribution is 2.23. The van der Waals surface area contributed by atoms with Crippen LogP contribution in [0.25, 0.3) is 0 Å². The van der Waals surface area contributed by atoms with E-state index in [1.165, 1.54) is 4.90 Å². The van der Waals surface area contributed by atoms with E-state index < -0.39 is 6.03 Å². The number of amides is 3. The summed E-state index contributed by atoms with van der Waals surface area (Å²) < 4.78 is 5.46. The highest BCUT2D eigenvalue weighted by Gasteiger charge is 2.35. The van der Waals surface area contributed by atoms with Gasteiger partial charge in [-0.25, -0.2) is 4.79 Å². The smallest absolute Gasteiger partial charge is 0.326 e. The Bertz CT molecular complexity index is 281.